The zero-order valence-electron chi connectivity index (χ0n) is 11.2. The van der Waals surface area contributed by atoms with E-state index in [1.807, 2.05) is 25.6 Å². The van der Waals surface area contributed by atoms with Gasteiger partial charge in [-0.1, -0.05) is 0 Å². The first-order valence-electron chi connectivity index (χ1n) is 5.86. The predicted molar refractivity (Wildman–Crippen MR) is 65.6 cm³/mol. The van der Waals surface area contributed by atoms with Crippen molar-refractivity contribution in [1.82, 2.24) is 15.1 Å². The molecule has 1 aromatic heterocycles. The van der Waals surface area contributed by atoms with Crippen molar-refractivity contribution < 1.29 is 9.53 Å². The summed E-state index contributed by atoms with van der Waals surface area (Å²) in [4.78, 5) is 11.4. The van der Waals surface area contributed by atoms with E-state index in [2.05, 4.69) is 10.4 Å². The van der Waals surface area contributed by atoms with E-state index in [0.717, 1.165) is 17.0 Å². The molecule has 1 unspecified atom stereocenters. The molecule has 1 aromatic rings. The summed E-state index contributed by atoms with van der Waals surface area (Å²) in [7, 11) is 1.92. The zero-order valence-corrected chi connectivity index (χ0v) is 11.2. The minimum Gasteiger partial charge on any atom is -0.465 e. The lowest BCUT2D eigenvalue weighted by Gasteiger charge is -2.12. The molecule has 0 aliphatic rings. The lowest BCUT2D eigenvalue weighted by Crippen LogP contribution is -2.35. The molecule has 1 N–H and O–H groups in total. The smallest absolute Gasteiger partial charge is 0.322 e. The van der Waals surface area contributed by atoms with Crippen LogP contribution in [0.15, 0.2) is 0 Å². The second-order valence-corrected chi connectivity index (χ2v) is 4.13. The van der Waals surface area contributed by atoms with Crippen LogP contribution in [0.1, 0.15) is 30.8 Å². The third-order valence-corrected chi connectivity index (χ3v) is 2.88. The van der Waals surface area contributed by atoms with E-state index in [1.165, 1.54) is 0 Å². The first-order chi connectivity index (χ1) is 7.97. The van der Waals surface area contributed by atoms with Crippen LogP contribution in [0.25, 0.3) is 0 Å². The zero-order chi connectivity index (χ0) is 13.0. The largest absolute Gasteiger partial charge is 0.465 e. The van der Waals surface area contributed by atoms with Crippen molar-refractivity contribution in [2.24, 2.45) is 7.05 Å². The van der Waals surface area contributed by atoms with E-state index in [1.54, 1.807) is 13.8 Å². The first-order valence-corrected chi connectivity index (χ1v) is 5.86. The molecule has 0 bridgehead atoms. The van der Waals surface area contributed by atoms with Crippen molar-refractivity contribution in [3.63, 3.8) is 0 Å². The van der Waals surface area contributed by atoms with Crippen LogP contribution in [-0.4, -0.2) is 28.4 Å². The predicted octanol–water partition coefficient (Wildman–Crippen LogP) is 1.08. The van der Waals surface area contributed by atoms with Gasteiger partial charge in [0.1, 0.15) is 6.04 Å². The Labute approximate surface area is 102 Å². The van der Waals surface area contributed by atoms with Gasteiger partial charge in [0, 0.05) is 24.8 Å². The molecule has 96 valence electrons. The van der Waals surface area contributed by atoms with Gasteiger partial charge in [0.2, 0.25) is 0 Å². The number of hydrogen-bond acceptors (Lipinski definition) is 4. The minimum absolute atomic E-state index is 0.216. The van der Waals surface area contributed by atoms with Crippen LogP contribution in [0.3, 0.4) is 0 Å². The van der Waals surface area contributed by atoms with Crippen LogP contribution in [0, 0.1) is 13.8 Å². The van der Waals surface area contributed by atoms with Gasteiger partial charge in [-0.05, 0) is 27.7 Å². The number of aryl methyl sites for hydroxylation is 2. The van der Waals surface area contributed by atoms with Crippen molar-refractivity contribution in [2.45, 2.75) is 40.3 Å². The molecule has 0 aromatic carbocycles. The summed E-state index contributed by atoms with van der Waals surface area (Å²) in [5, 5.41) is 7.48. The van der Waals surface area contributed by atoms with Crippen LogP contribution in [0.4, 0.5) is 0 Å². The maximum atomic E-state index is 11.4. The Morgan fingerprint density at radius 1 is 1.53 bits per heavy atom. The number of ether oxygens (including phenoxy) is 1. The van der Waals surface area contributed by atoms with Crippen molar-refractivity contribution >= 4 is 5.97 Å². The molecule has 0 saturated heterocycles. The molecule has 0 spiro atoms. The second kappa shape index (κ2) is 5.82. The Balaban J connectivity index is 2.58. The Kier molecular flexibility index (Phi) is 4.69. The molecule has 0 aliphatic heterocycles. The minimum atomic E-state index is -0.297. The molecule has 17 heavy (non-hydrogen) atoms. The van der Waals surface area contributed by atoms with Gasteiger partial charge in [-0.25, -0.2) is 0 Å². The highest BCUT2D eigenvalue weighted by atomic mass is 16.5. The highest BCUT2D eigenvalue weighted by Gasteiger charge is 2.15. The van der Waals surface area contributed by atoms with Gasteiger partial charge in [0.25, 0.3) is 0 Å². The maximum absolute atomic E-state index is 11.4. The topological polar surface area (TPSA) is 56.1 Å². The van der Waals surface area contributed by atoms with Crippen molar-refractivity contribution in [2.75, 3.05) is 6.61 Å². The Bertz CT molecular complexity index is 399. The molecule has 0 fully saturated rings. The van der Waals surface area contributed by atoms with Gasteiger partial charge < -0.3 is 10.1 Å². The van der Waals surface area contributed by atoms with Crippen LogP contribution in [0.2, 0.25) is 0 Å². The van der Waals surface area contributed by atoms with Gasteiger partial charge in [-0.15, -0.1) is 0 Å². The number of esters is 1. The summed E-state index contributed by atoms with van der Waals surface area (Å²) in [6, 6.07) is -0.297. The highest BCUT2D eigenvalue weighted by molar-refractivity contribution is 5.75. The second-order valence-electron chi connectivity index (χ2n) is 4.13. The van der Waals surface area contributed by atoms with Crippen LogP contribution in [0.5, 0.6) is 0 Å². The van der Waals surface area contributed by atoms with E-state index in [4.69, 9.17) is 4.74 Å². The third kappa shape index (κ3) is 3.30. The Hall–Kier alpha value is -1.36. The molecule has 0 saturated carbocycles. The number of nitrogens with one attached hydrogen (secondary N) is 1. The molecular weight excluding hydrogens is 218 g/mol. The van der Waals surface area contributed by atoms with Gasteiger partial charge in [0.15, 0.2) is 0 Å². The van der Waals surface area contributed by atoms with E-state index in [-0.39, 0.29) is 12.0 Å². The van der Waals surface area contributed by atoms with Crippen molar-refractivity contribution in [1.29, 1.82) is 0 Å². The summed E-state index contributed by atoms with van der Waals surface area (Å²) >= 11 is 0. The summed E-state index contributed by atoms with van der Waals surface area (Å²) in [6.45, 7) is 8.64. The number of aromatic nitrogens is 2. The molecule has 1 rings (SSSR count). The molecule has 0 amide bonds. The lowest BCUT2D eigenvalue weighted by atomic mass is 10.2. The number of carbonyl (C=O) groups excluding carboxylic acids is 1. The summed E-state index contributed by atoms with van der Waals surface area (Å²) < 4.78 is 6.78. The van der Waals surface area contributed by atoms with Gasteiger partial charge >= 0.3 is 5.97 Å². The van der Waals surface area contributed by atoms with Crippen LogP contribution >= 0.6 is 0 Å². The molecule has 0 radical (unpaired) electrons. The van der Waals surface area contributed by atoms with E-state index < -0.39 is 0 Å². The molecule has 0 aliphatic carbocycles. The first kappa shape index (κ1) is 13.7. The van der Waals surface area contributed by atoms with E-state index in [9.17, 15) is 4.79 Å². The maximum Gasteiger partial charge on any atom is 0.322 e. The SMILES string of the molecule is CCOC(=O)C(C)NCc1c(C)nn(C)c1C. The monoisotopic (exact) mass is 239 g/mol. The average molecular weight is 239 g/mol. The fourth-order valence-electron chi connectivity index (χ4n) is 1.68. The van der Waals surface area contributed by atoms with Gasteiger partial charge in [-0.3, -0.25) is 9.48 Å². The van der Waals surface area contributed by atoms with Crippen molar-refractivity contribution in [3.05, 3.63) is 17.0 Å². The fourth-order valence-corrected chi connectivity index (χ4v) is 1.68. The highest BCUT2D eigenvalue weighted by Crippen LogP contribution is 2.11. The Morgan fingerprint density at radius 2 is 2.18 bits per heavy atom. The van der Waals surface area contributed by atoms with Gasteiger partial charge in [0.05, 0.1) is 12.3 Å². The van der Waals surface area contributed by atoms with Gasteiger partial charge in [-0.2, -0.15) is 5.10 Å². The number of nitrogens with zero attached hydrogens (tertiary/aromatic N) is 2. The number of carbonyl (C=O) groups is 1. The molecule has 1 heterocycles. The fraction of sp³-hybridized carbons (Fsp3) is 0.667. The third-order valence-electron chi connectivity index (χ3n) is 2.88. The molecular formula is C12H21N3O2. The van der Waals surface area contributed by atoms with E-state index >= 15 is 0 Å². The summed E-state index contributed by atoms with van der Waals surface area (Å²) in [5.74, 6) is -0.216. The van der Waals surface area contributed by atoms with Crippen LogP contribution < -0.4 is 5.32 Å². The summed E-state index contributed by atoms with van der Waals surface area (Å²) in [5.41, 5.74) is 3.25. The number of hydrogen-bond donors (Lipinski definition) is 1. The molecule has 1 atom stereocenters. The normalized spacial score (nSPS) is 12.5. The quantitative estimate of drug-likeness (QED) is 0.781. The van der Waals surface area contributed by atoms with Crippen molar-refractivity contribution in [3.8, 4) is 0 Å². The standard InChI is InChI=1S/C12H21N3O2/c1-6-17-12(16)9(3)13-7-11-8(2)14-15(5)10(11)4/h9,13H,6-7H2,1-5H3. The number of rotatable bonds is 5. The Morgan fingerprint density at radius 3 is 2.65 bits per heavy atom. The lowest BCUT2D eigenvalue weighted by molar-refractivity contribution is -0.145. The van der Waals surface area contributed by atoms with Crippen LogP contribution in [-0.2, 0) is 23.1 Å². The molecule has 5 nitrogen and oxygen atoms in total. The summed E-state index contributed by atoms with van der Waals surface area (Å²) in [6.07, 6.45) is 0. The molecule has 5 heteroatoms. The average Bonchev–Trinajstić information content (AvgIpc) is 2.51. The van der Waals surface area contributed by atoms with E-state index in [0.29, 0.717) is 13.2 Å².